The highest BCUT2D eigenvalue weighted by molar-refractivity contribution is 7.85. The second kappa shape index (κ2) is 3.25. The molecule has 1 N–H and O–H groups in total. The van der Waals surface area contributed by atoms with Gasteiger partial charge in [-0.15, -0.1) is 0 Å². The molecule has 0 aromatic rings. The molecule has 0 spiro atoms. The fraction of sp³-hybridized carbons (Fsp3) is 0.833. The minimum atomic E-state index is -4.21. The lowest BCUT2D eigenvalue weighted by Gasteiger charge is -2.27. The molecule has 1 rings (SSSR count). The molecular weight excluding hydrogens is 234 g/mol. The van der Waals surface area contributed by atoms with Crippen molar-refractivity contribution in [2.75, 3.05) is 5.75 Å². The average molecular weight is 244 g/mol. The molecule has 0 aliphatic carbocycles. The molecule has 8 heteroatoms. The van der Waals surface area contributed by atoms with Crippen molar-refractivity contribution in [3.8, 4) is 0 Å². The maximum absolute atomic E-state index is 11.0. The summed E-state index contributed by atoms with van der Waals surface area (Å²) < 4.78 is 35.4. The third kappa shape index (κ3) is 1.94. The highest BCUT2D eigenvalue weighted by atomic mass is 35.5. The predicted molar refractivity (Wildman–Crippen MR) is 48.5 cm³/mol. The summed E-state index contributed by atoms with van der Waals surface area (Å²) in [6, 6.07) is 0. The Balaban J connectivity index is 2.99. The molecule has 2 atom stereocenters. The molecule has 0 bridgehead atoms. The Labute approximate surface area is 86.6 Å². The first-order valence-corrected chi connectivity index (χ1v) is 5.73. The summed E-state index contributed by atoms with van der Waals surface area (Å²) in [6.45, 7) is 2.93. The van der Waals surface area contributed by atoms with Crippen LogP contribution in [0.25, 0.3) is 0 Å². The summed E-state index contributed by atoms with van der Waals surface area (Å²) in [7, 11) is -4.21. The molecule has 0 aromatic carbocycles. The van der Waals surface area contributed by atoms with Gasteiger partial charge in [0.2, 0.25) is 0 Å². The molecule has 0 radical (unpaired) electrons. The van der Waals surface area contributed by atoms with Crippen molar-refractivity contribution in [1.29, 1.82) is 0 Å². The highest BCUT2D eigenvalue weighted by Crippen LogP contribution is 2.33. The van der Waals surface area contributed by atoms with Crippen LogP contribution in [0.4, 0.5) is 4.79 Å². The maximum Gasteiger partial charge on any atom is 0.425 e. The minimum absolute atomic E-state index is 0.656. The number of carbonyl (C=O) groups is 1. The highest BCUT2D eigenvalue weighted by Gasteiger charge is 2.51. The predicted octanol–water partition coefficient (Wildman–Crippen LogP) is 0.627. The molecule has 1 aliphatic rings. The maximum atomic E-state index is 11.0. The SMILES string of the molecule is C[C@@H]1OC(=O)N(Cl)[C@@]1(C)CS(=O)(=O)O. The zero-order valence-corrected chi connectivity index (χ0v) is 9.17. The molecule has 1 aliphatic heterocycles. The molecule has 0 unspecified atom stereocenters. The summed E-state index contributed by atoms with van der Waals surface area (Å²) >= 11 is 5.55. The molecule has 0 aromatic heterocycles. The number of halogens is 1. The van der Waals surface area contributed by atoms with Gasteiger partial charge in [-0.3, -0.25) is 4.55 Å². The Kier molecular flexibility index (Phi) is 2.68. The van der Waals surface area contributed by atoms with Crippen molar-refractivity contribution < 1.29 is 22.5 Å². The first kappa shape index (κ1) is 11.5. The van der Waals surface area contributed by atoms with Gasteiger partial charge < -0.3 is 4.74 Å². The normalized spacial score (nSPS) is 33.3. The zero-order chi connectivity index (χ0) is 11.1. The first-order valence-electron chi connectivity index (χ1n) is 3.78. The van der Waals surface area contributed by atoms with Gasteiger partial charge in [0.1, 0.15) is 17.4 Å². The van der Waals surface area contributed by atoms with E-state index in [9.17, 15) is 13.2 Å². The summed E-state index contributed by atoms with van der Waals surface area (Å²) in [5, 5.41) is 0. The molecule has 1 amide bonds. The van der Waals surface area contributed by atoms with Gasteiger partial charge in [-0.05, 0) is 13.8 Å². The van der Waals surface area contributed by atoms with Crippen LogP contribution in [0.3, 0.4) is 0 Å². The van der Waals surface area contributed by atoms with Crippen molar-refractivity contribution in [3.63, 3.8) is 0 Å². The largest absolute Gasteiger partial charge is 0.443 e. The Bertz CT molecular complexity index is 355. The van der Waals surface area contributed by atoms with Crippen molar-refractivity contribution >= 4 is 28.0 Å². The van der Waals surface area contributed by atoms with E-state index in [1.54, 1.807) is 0 Å². The van der Waals surface area contributed by atoms with Gasteiger partial charge >= 0.3 is 6.09 Å². The summed E-state index contributed by atoms with van der Waals surface area (Å²) in [4.78, 5) is 11.0. The third-order valence-electron chi connectivity index (χ3n) is 2.24. The number of amides is 1. The lowest BCUT2D eigenvalue weighted by atomic mass is 10.0. The van der Waals surface area contributed by atoms with Crippen LogP contribution in [0, 0.1) is 0 Å². The topological polar surface area (TPSA) is 83.9 Å². The minimum Gasteiger partial charge on any atom is -0.443 e. The summed E-state index contributed by atoms with van der Waals surface area (Å²) in [5.41, 5.74) is -1.24. The number of rotatable bonds is 2. The number of ether oxygens (including phenoxy) is 1. The van der Waals surface area contributed by atoms with E-state index in [-0.39, 0.29) is 0 Å². The van der Waals surface area contributed by atoms with Crippen molar-refractivity contribution in [2.45, 2.75) is 25.5 Å². The van der Waals surface area contributed by atoms with Crippen molar-refractivity contribution in [1.82, 2.24) is 4.42 Å². The van der Waals surface area contributed by atoms with Crippen LogP contribution in [0.5, 0.6) is 0 Å². The lowest BCUT2D eigenvalue weighted by Crippen LogP contribution is -2.48. The number of cyclic esters (lactones) is 1. The van der Waals surface area contributed by atoms with Gasteiger partial charge in [0.25, 0.3) is 10.1 Å². The second-order valence-corrected chi connectivity index (χ2v) is 5.18. The van der Waals surface area contributed by atoms with E-state index in [1.807, 2.05) is 0 Å². The van der Waals surface area contributed by atoms with E-state index in [1.165, 1.54) is 13.8 Å². The molecule has 6 nitrogen and oxygen atoms in total. The molecule has 0 saturated carbocycles. The smallest absolute Gasteiger partial charge is 0.425 e. The first-order chi connectivity index (χ1) is 6.17. The Morgan fingerprint density at radius 2 is 2.21 bits per heavy atom. The van der Waals surface area contributed by atoms with Gasteiger partial charge in [-0.25, -0.2) is 9.21 Å². The van der Waals surface area contributed by atoms with Crippen LogP contribution in [0.15, 0.2) is 0 Å². The molecule has 82 valence electrons. The Morgan fingerprint density at radius 1 is 1.71 bits per heavy atom. The summed E-state index contributed by atoms with van der Waals surface area (Å²) in [5.74, 6) is -0.656. The third-order valence-corrected chi connectivity index (χ3v) is 3.71. The molecule has 1 saturated heterocycles. The fourth-order valence-corrected chi connectivity index (χ4v) is 2.65. The van der Waals surface area contributed by atoms with Gasteiger partial charge in [-0.2, -0.15) is 8.42 Å². The van der Waals surface area contributed by atoms with Gasteiger partial charge in [0.05, 0.1) is 0 Å². The van der Waals surface area contributed by atoms with Crippen LogP contribution >= 0.6 is 11.8 Å². The number of hydrogen-bond donors (Lipinski definition) is 1. The zero-order valence-electron chi connectivity index (χ0n) is 7.60. The Morgan fingerprint density at radius 3 is 2.50 bits per heavy atom. The van der Waals surface area contributed by atoms with Crippen LogP contribution in [0.1, 0.15) is 13.8 Å². The van der Waals surface area contributed by atoms with E-state index in [0.717, 1.165) is 0 Å². The molecule has 1 fully saturated rings. The van der Waals surface area contributed by atoms with E-state index in [2.05, 4.69) is 0 Å². The average Bonchev–Trinajstić information content (AvgIpc) is 2.13. The fourth-order valence-electron chi connectivity index (χ4n) is 1.24. The van der Waals surface area contributed by atoms with Crippen LogP contribution in [-0.2, 0) is 14.9 Å². The van der Waals surface area contributed by atoms with Crippen LogP contribution in [-0.4, -0.2) is 40.9 Å². The quantitative estimate of drug-likeness (QED) is 0.568. The Hall–Kier alpha value is -0.530. The number of hydrogen-bond acceptors (Lipinski definition) is 4. The van der Waals surface area contributed by atoms with E-state index >= 15 is 0 Å². The molecule has 14 heavy (non-hydrogen) atoms. The number of nitrogens with zero attached hydrogens (tertiary/aromatic N) is 1. The second-order valence-electron chi connectivity index (χ2n) is 3.39. The van der Waals surface area contributed by atoms with E-state index in [0.29, 0.717) is 4.42 Å². The van der Waals surface area contributed by atoms with Crippen molar-refractivity contribution in [3.05, 3.63) is 0 Å². The van der Waals surface area contributed by atoms with Crippen molar-refractivity contribution in [2.24, 2.45) is 0 Å². The lowest BCUT2D eigenvalue weighted by molar-refractivity contribution is 0.129. The molecular formula is C6H10ClNO5S. The van der Waals surface area contributed by atoms with Gasteiger partial charge in [0.15, 0.2) is 0 Å². The number of carbonyl (C=O) groups excluding carboxylic acids is 1. The van der Waals surface area contributed by atoms with Crippen LogP contribution < -0.4 is 0 Å². The molecule has 1 heterocycles. The summed E-state index contributed by atoms with van der Waals surface area (Å²) in [6.07, 6.45) is -1.51. The van der Waals surface area contributed by atoms with Crippen LogP contribution in [0.2, 0.25) is 0 Å². The van der Waals surface area contributed by atoms with Gasteiger partial charge in [-0.1, -0.05) is 0 Å². The standard InChI is InChI=1S/C6H10ClNO5S/c1-4-6(2,3-14(10,11)12)8(7)5(9)13-4/h4H,3H2,1-2H3,(H,10,11,12)/t4-,6-/m0/s1. The monoisotopic (exact) mass is 243 g/mol. The van der Waals surface area contributed by atoms with E-state index in [4.69, 9.17) is 21.1 Å². The van der Waals surface area contributed by atoms with Gasteiger partial charge in [0, 0.05) is 11.8 Å². The van der Waals surface area contributed by atoms with E-state index < -0.39 is 33.6 Å².